The SMILES string of the molecule is O=C(N/N=C/c1ccc(OC(=O)c2ccccc2Br)cc1)C(=O)Nc1ccc(Br)cc1F. The maximum absolute atomic E-state index is 13.7. The second kappa shape index (κ2) is 10.8. The minimum absolute atomic E-state index is 0.134. The number of hydrazone groups is 1. The standard InChI is InChI=1S/C22H14Br2FN3O4/c23-14-7-10-19(18(25)11-14)27-20(29)21(30)28-26-12-13-5-8-15(9-6-13)32-22(31)16-3-1-2-4-17(16)24/h1-12H,(H,27,29)(H,28,30)/b26-12+. The van der Waals surface area contributed by atoms with Crippen LogP contribution in [-0.4, -0.2) is 24.0 Å². The Labute approximate surface area is 198 Å². The molecule has 0 bridgehead atoms. The van der Waals surface area contributed by atoms with Crippen LogP contribution in [0.15, 0.2) is 80.8 Å². The van der Waals surface area contributed by atoms with Gasteiger partial charge in [0.2, 0.25) is 0 Å². The molecule has 0 aliphatic heterocycles. The third-order valence-electron chi connectivity index (χ3n) is 3.95. The van der Waals surface area contributed by atoms with Crippen molar-refractivity contribution in [1.29, 1.82) is 0 Å². The molecule has 0 saturated heterocycles. The molecule has 0 aromatic heterocycles. The second-order valence-corrected chi connectivity index (χ2v) is 7.99. The van der Waals surface area contributed by atoms with E-state index >= 15 is 0 Å². The van der Waals surface area contributed by atoms with Gasteiger partial charge in [-0.1, -0.05) is 28.1 Å². The van der Waals surface area contributed by atoms with Gasteiger partial charge in [0.05, 0.1) is 17.5 Å². The van der Waals surface area contributed by atoms with Gasteiger partial charge < -0.3 is 10.1 Å². The van der Waals surface area contributed by atoms with E-state index in [0.29, 0.717) is 25.8 Å². The summed E-state index contributed by atoms with van der Waals surface area (Å²) in [4.78, 5) is 35.9. The molecule has 7 nitrogen and oxygen atoms in total. The number of halogens is 3. The van der Waals surface area contributed by atoms with Gasteiger partial charge in [0.15, 0.2) is 0 Å². The number of rotatable bonds is 5. The van der Waals surface area contributed by atoms with Crippen LogP contribution in [0.3, 0.4) is 0 Å². The first-order valence-corrected chi connectivity index (χ1v) is 10.6. The second-order valence-electron chi connectivity index (χ2n) is 6.22. The highest BCUT2D eigenvalue weighted by Crippen LogP contribution is 2.20. The Morgan fingerprint density at radius 3 is 2.34 bits per heavy atom. The van der Waals surface area contributed by atoms with Crippen LogP contribution in [0, 0.1) is 5.82 Å². The molecule has 0 radical (unpaired) electrons. The van der Waals surface area contributed by atoms with Gasteiger partial charge in [0.25, 0.3) is 0 Å². The van der Waals surface area contributed by atoms with Crippen LogP contribution in [0.25, 0.3) is 0 Å². The summed E-state index contributed by atoms with van der Waals surface area (Å²) in [5.41, 5.74) is 2.88. The molecular formula is C22H14Br2FN3O4. The predicted molar refractivity (Wildman–Crippen MR) is 124 cm³/mol. The van der Waals surface area contributed by atoms with Gasteiger partial charge in [-0.15, -0.1) is 0 Å². The molecule has 0 heterocycles. The Morgan fingerprint density at radius 1 is 0.938 bits per heavy atom. The van der Waals surface area contributed by atoms with Crippen molar-refractivity contribution in [3.05, 3.63) is 92.6 Å². The van der Waals surface area contributed by atoms with Gasteiger partial charge in [-0.25, -0.2) is 14.6 Å². The highest BCUT2D eigenvalue weighted by molar-refractivity contribution is 9.10. The number of hydrogen-bond donors (Lipinski definition) is 2. The molecule has 32 heavy (non-hydrogen) atoms. The molecule has 162 valence electrons. The summed E-state index contributed by atoms with van der Waals surface area (Å²) in [6.45, 7) is 0. The molecule has 3 aromatic rings. The third-order valence-corrected chi connectivity index (χ3v) is 5.13. The molecule has 0 unspecified atom stereocenters. The van der Waals surface area contributed by atoms with Gasteiger partial charge in [-0.2, -0.15) is 5.10 Å². The van der Waals surface area contributed by atoms with Crippen LogP contribution < -0.4 is 15.5 Å². The minimum Gasteiger partial charge on any atom is -0.423 e. The molecule has 3 aromatic carbocycles. The smallest absolute Gasteiger partial charge is 0.344 e. The monoisotopic (exact) mass is 561 g/mol. The molecule has 0 atom stereocenters. The largest absolute Gasteiger partial charge is 0.423 e. The van der Waals surface area contributed by atoms with Crippen LogP contribution in [0.2, 0.25) is 0 Å². The zero-order chi connectivity index (χ0) is 23.1. The number of benzene rings is 3. The topological polar surface area (TPSA) is 96.9 Å². The molecule has 0 aliphatic rings. The van der Waals surface area contributed by atoms with Crippen molar-refractivity contribution >= 4 is 61.5 Å². The molecule has 3 rings (SSSR count). The Morgan fingerprint density at radius 2 is 1.66 bits per heavy atom. The van der Waals surface area contributed by atoms with E-state index in [1.165, 1.54) is 18.3 Å². The summed E-state index contributed by atoms with van der Waals surface area (Å²) in [6.07, 6.45) is 1.30. The van der Waals surface area contributed by atoms with Crippen LogP contribution >= 0.6 is 31.9 Å². The van der Waals surface area contributed by atoms with Gasteiger partial charge in [-0.05, 0) is 76.1 Å². The highest BCUT2D eigenvalue weighted by atomic mass is 79.9. The maximum Gasteiger partial charge on any atom is 0.344 e. The summed E-state index contributed by atoms with van der Waals surface area (Å²) in [6, 6.07) is 17.2. The van der Waals surface area contributed by atoms with Crippen molar-refractivity contribution in [2.75, 3.05) is 5.32 Å². The third kappa shape index (κ3) is 6.32. The van der Waals surface area contributed by atoms with Crippen molar-refractivity contribution in [3.8, 4) is 5.75 Å². The first-order chi connectivity index (χ1) is 15.3. The van der Waals surface area contributed by atoms with Crippen LogP contribution in [0.4, 0.5) is 10.1 Å². The van der Waals surface area contributed by atoms with Gasteiger partial charge in [-0.3, -0.25) is 9.59 Å². The van der Waals surface area contributed by atoms with E-state index in [2.05, 4.69) is 47.7 Å². The molecule has 10 heteroatoms. The zero-order valence-corrected chi connectivity index (χ0v) is 19.3. The summed E-state index contributed by atoms with van der Waals surface area (Å²) in [7, 11) is 0. The minimum atomic E-state index is -1.07. The average Bonchev–Trinajstić information content (AvgIpc) is 2.77. The lowest BCUT2D eigenvalue weighted by atomic mass is 10.2. The van der Waals surface area contributed by atoms with E-state index in [0.717, 1.165) is 6.07 Å². The lowest BCUT2D eigenvalue weighted by Crippen LogP contribution is -2.32. The fourth-order valence-corrected chi connectivity index (χ4v) is 3.18. The number of nitrogens with zero attached hydrogens (tertiary/aromatic N) is 1. The quantitative estimate of drug-likeness (QED) is 0.155. The van der Waals surface area contributed by atoms with Crippen LogP contribution in [0.5, 0.6) is 5.75 Å². The molecule has 0 saturated carbocycles. The van der Waals surface area contributed by atoms with Crippen molar-refractivity contribution in [3.63, 3.8) is 0 Å². The number of carbonyl (C=O) groups is 3. The summed E-state index contributed by atoms with van der Waals surface area (Å²) in [5.74, 6) is -3.02. The van der Waals surface area contributed by atoms with Crippen molar-refractivity contribution in [1.82, 2.24) is 5.43 Å². The van der Waals surface area contributed by atoms with E-state index in [4.69, 9.17) is 4.74 Å². The van der Waals surface area contributed by atoms with Crippen molar-refractivity contribution < 1.29 is 23.5 Å². The van der Waals surface area contributed by atoms with E-state index < -0.39 is 23.6 Å². The number of anilines is 1. The lowest BCUT2D eigenvalue weighted by molar-refractivity contribution is -0.136. The fourth-order valence-electron chi connectivity index (χ4n) is 2.40. The fraction of sp³-hybridized carbons (Fsp3) is 0. The van der Waals surface area contributed by atoms with Crippen molar-refractivity contribution in [2.24, 2.45) is 5.10 Å². The first kappa shape index (κ1) is 23.3. The van der Waals surface area contributed by atoms with Crippen LogP contribution in [-0.2, 0) is 9.59 Å². The molecular weight excluding hydrogens is 549 g/mol. The highest BCUT2D eigenvalue weighted by Gasteiger charge is 2.15. The lowest BCUT2D eigenvalue weighted by Gasteiger charge is -2.06. The number of esters is 1. The first-order valence-electron chi connectivity index (χ1n) is 8.99. The molecule has 0 spiro atoms. The summed E-state index contributed by atoms with van der Waals surface area (Å²) >= 11 is 6.39. The van der Waals surface area contributed by atoms with Gasteiger partial charge in [0.1, 0.15) is 11.6 Å². The van der Waals surface area contributed by atoms with E-state index in [1.54, 1.807) is 48.5 Å². The number of hydrogen-bond acceptors (Lipinski definition) is 5. The molecule has 2 N–H and O–H groups in total. The summed E-state index contributed by atoms with van der Waals surface area (Å²) in [5, 5.41) is 5.85. The van der Waals surface area contributed by atoms with E-state index in [9.17, 15) is 18.8 Å². The number of amides is 2. The average molecular weight is 563 g/mol. The van der Waals surface area contributed by atoms with E-state index in [-0.39, 0.29) is 5.69 Å². The van der Waals surface area contributed by atoms with Gasteiger partial charge >= 0.3 is 17.8 Å². The molecule has 0 fully saturated rings. The number of ether oxygens (including phenoxy) is 1. The Kier molecular flexibility index (Phi) is 7.85. The molecule has 0 aliphatic carbocycles. The zero-order valence-electron chi connectivity index (χ0n) is 16.1. The predicted octanol–water partition coefficient (Wildman–Crippen LogP) is 4.66. The normalized spacial score (nSPS) is 10.6. The van der Waals surface area contributed by atoms with Crippen LogP contribution in [0.1, 0.15) is 15.9 Å². The van der Waals surface area contributed by atoms with E-state index in [1.807, 2.05) is 0 Å². The Balaban J connectivity index is 1.53. The number of carbonyl (C=O) groups excluding carboxylic acids is 3. The maximum atomic E-state index is 13.7. The number of nitrogens with one attached hydrogen (secondary N) is 2. The molecule has 2 amide bonds. The Hall–Kier alpha value is -3.37. The van der Waals surface area contributed by atoms with Gasteiger partial charge in [0, 0.05) is 8.95 Å². The van der Waals surface area contributed by atoms with Crippen molar-refractivity contribution in [2.45, 2.75) is 0 Å². The Bertz CT molecular complexity index is 1200. The summed E-state index contributed by atoms with van der Waals surface area (Å²) < 4.78 is 20.2.